The maximum atomic E-state index is 15.3. The average Bonchev–Trinajstić information content (AvgIpc) is 1.08. The number of nitrogens with two attached hydrogens (primary N) is 7. The highest BCUT2D eigenvalue weighted by Gasteiger charge is 2.44. The molecule has 0 fully saturated rings. The van der Waals surface area contributed by atoms with Crippen molar-refractivity contribution >= 4 is 101 Å². The molecule has 1 rings (SSSR count). The summed E-state index contributed by atoms with van der Waals surface area (Å²) >= 11 is 0. The van der Waals surface area contributed by atoms with Crippen molar-refractivity contribution in [3.8, 4) is 0 Å². The molecule has 1 aliphatic rings. The van der Waals surface area contributed by atoms with Gasteiger partial charge in [0.25, 0.3) is 0 Å². The van der Waals surface area contributed by atoms with Crippen LogP contribution >= 0.6 is 0 Å². The van der Waals surface area contributed by atoms with Gasteiger partial charge in [0.1, 0.15) is 77.5 Å². The normalized spacial score (nSPS) is 20.2. The first-order chi connectivity index (χ1) is 55.6. The number of guanidine groups is 2. The minimum atomic E-state index is -1.84. The van der Waals surface area contributed by atoms with Gasteiger partial charge in [0.2, 0.25) is 88.6 Å². The molecule has 15 amide bonds. The van der Waals surface area contributed by atoms with Crippen LogP contribution in [0.2, 0.25) is 0 Å². The number of hydrogen-bond donors (Lipinski definition) is 21. The van der Waals surface area contributed by atoms with Crippen molar-refractivity contribution in [1.29, 1.82) is 0 Å². The first-order valence-corrected chi connectivity index (χ1v) is 42.3. The van der Waals surface area contributed by atoms with Crippen LogP contribution in [0.3, 0.4) is 0 Å². The molecule has 38 heteroatoms. The minimum Gasteiger partial charge on any atom is -0.370 e. The molecule has 119 heavy (non-hydrogen) atoms. The van der Waals surface area contributed by atoms with Crippen LogP contribution in [-0.2, 0) is 71.9 Å². The van der Waals surface area contributed by atoms with Crippen molar-refractivity contribution < 1.29 is 71.9 Å². The largest absolute Gasteiger partial charge is 0.370 e. The Bertz CT molecular complexity index is 3400. The second-order valence-electron chi connectivity index (χ2n) is 34.4. The van der Waals surface area contributed by atoms with E-state index in [1.165, 1.54) is 20.8 Å². The van der Waals surface area contributed by atoms with Crippen LogP contribution in [0.25, 0.3) is 0 Å². The number of hydrogen-bond acceptors (Lipinski definition) is 19. The Morgan fingerprint density at radius 2 is 0.924 bits per heavy atom. The van der Waals surface area contributed by atoms with Gasteiger partial charge in [-0.3, -0.25) is 81.9 Å². The number of carbonyl (C=O) groups is 15. The van der Waals surface area contributed by atoms with Gasteiger partial charge in [0, 0.05) is 20.0 Å². The molecule has 0 spiro atoms. The molecular formula is C81H149N23O15. The first-order valence-electron chi connectivity index (χ1n) is 42.3. The quantitative estimate of drug-likeness (QED) is 0.0152. The average molecular weight is 1690 g/mol. The van der Waals surface area contributed by atoms with Crippen LogP contribution in [0, 0.1) is 41.4 Å². The second-order valence-corrected chi connectivity index (χ2v) is 34.4. The lowest BCUT2D eigenvalue weighted by molar-refractivity contribution is -0.139. The van der Waals surface area contributed by atoms with E-state index in [2.05, 4.69) is 84.4 Å². The van der Waals surface area contributed by atoms with E-state index in [0.717, 1.165) is 0 Å². The van der Waals surface area contributed by atoms with Crippen molar-refractivity contribution in [2.24, 2.45) is 91.5 Å². The smallest absolute Gasteiger partial charge is 0.246 e. The van der Waals surface area contributed by atoms with Gasteiger partial charge in [-0.05, 0) is 197 Å². The molecule has 0 aliphatic carbocycles. The van der Waals surface area contributed by atoms with Crippen molar-refractivity contribution in [3.63, 3.8) is 0 Å². The van der Waals surface area contributed by atoms with Crippen molar-refractivity contribution in [2.75, 3.05) is 32.7 Å². The SMILES string of the molecule is CC(=O)N[C@@H](CCCCN)C(=O)N[C@H](C(=O)N[C@@H](CC(C)C)C(=O)NCC(=O)N[C@@H](CCCN=C(N)N)C(=O)N[C@@H](CC(C)C)C(=O)N[C@@]1(C)CCC/C=C\CCC[C@@](C)(C(=O)N[C@@H](CCCN=C(N)N)C(=O)N[C@@H](CC(C)C)C(=O)N[C@H](C(N)=O)C(C)C)NC(=O)[C@H](CC(C)C)NC(=O)[C@H](C(C)C)NC(=O)[C@H](CCCCN)NC1=O)C(C)C. The molecule has 13 atom stereocenters. The Balaban J connectivity index is 4.04. The van der Waals surface area contributed by atoms with Gasteiger partial charge in [-0.15, -0.1) is 0 Å². The summed E-state index contributed by atoms with van der Waals surface area (Å²) in [6, 6.07) is -13.7. The van der Waals surface area contributed by atoms with Gasteiger partial charge in [-0.1, -0.05) is 109 Å². The predicted molar refractivity (Wildman–Crippen MR) is 457 cm³/mol. The fraction of sp³-hybridized carbons (Fsp3) is 0.765. The highest BCUT2D eigenvalue weighted by atomic mass is 16.2. The summed E-state index contributed by atoms with van der Waals surface area (Å²) in [5.41, 5.74) is 36.1. The molecule has 1 aliphatic heterocycles. The van der Waals surface area contributed by atoms with Crippen molar-refractivity contribution in [1.82, 2.24) is 74.4 Å². The van der Waals surface area contributed by atoms with Crippen LogP contribution in [0.1, 0.15) is 246 Å². The Morgan fingerprint density at radius 1 is 0.471 bits per heavy atom. The topological polar surface area (TPSA) is 631 Å². The molecule has 0 aromatic rings. The maximum Gasteiger partial charge on any atom is 0.246 e. The summed E-state index contributed by atoms with van der Waals surface area (Å²) in [4.78, 5) is 221. The lowest BCUT2D eigenvalue weighted by atomic mass is 9.90. The van der Waals surface area contributed by atoms with Crippen LogP contribution in [0.5, 0.6) is 0 Å². The number of primary amides is 1. The molecule has 0 aromatic carbocycles. The third-order valence-electron chi connectivity index (χ3n) is 20.0. The Kier molecular flexibility index (Phi) is 49.7. The molecule has 678 valence electrons. The molecule has 0 bridgehead atoms. The molecule has 38 nitrogen and oxygen atoms in total. The first kappa shape index (κ1) is 107. The van der Waals surface area contributed by atoms with E-state index in [1.54, 1.807) is 55.4 Å². The molecule has 1 heterocycles. The second kappa shape index (κ2) is 55.2. The molecule has 0 unspecified atom stereocenters. The molecule has 0 saturated heterocycles. The highest BCUT2D eigenvalue weighted by molar-refractivity contribution is 6.01. The number of rotatable bonds is 47. The fourth-order valence-electron chi connectivity index (χ4n) is 13.3. The van der Waals surface area contributed by atoms with Crippen molar-refractivity contribution in [3.05, 3.63) is 12.2 Å². The molecule has 0 radical (unpaired) electrons. The highest BCUT2D eigenvalue weighted by Crippen LogP contribution is 2.23. The van der Waals surface area contributed by atoms with Gasteiger partial charge < -0.3 is 115 Å². The number of nitrogens with zero attached hydrogens (tertiary/aromatic N) is 2. The van der Waals surface area contributed by atoms with E-state index in [1.807, 2.05) is 53.7 Å². The zero-order valence-corrected chi connectivity index (χ0v) is 73.8. The monoisotopic (exact) mass is 1680 g/mol. The Labute approximate surface area is 704 Å². The van der Waals surface area contributed by atoms with Crippen LogP contribution in [-0.4, -0.2) is 211 Å². The maximum absolute atomic E-state index is 15.3. The lowest BCUT2D eigenvalue weighted by Gasteiger charge is -2.35. The number of nitrogens with one attached hydrogen (secondary N) is 14. The summed E-state index contributed by atoms with van der Waals surface area (Å²) < 4.78 is 0. The Morgan fingerprint density at radius 3 is 1.40 bits per heavy atom. The number of amides is 15. The zero-order valence-electron chi connectivity index (χ0n) is 73.8. The molecule has 0 aromatic heterocycles. The van der Waals surface area contributed by atoms with Crippen LogP contribution < -0.4 is 115 Å². The third kappa shape index (κ3) is 42.2. The van der Waals surface area contributed by atoms with Crippen molar-refractivity contribution in [2.45, 2.75) is 324 Å². The van der Waals surface area contributed by atoms with E-state index >= 15 is 14.4 Å². The summed E-state index contributed by atoms with van der Waals surface area (Å²) in [6.45, 7) is 28.8. The van der Waals surface area contributed by atoms with E-state index in [9.17, 15) is 57.5 Å². The summed E-state index contributed by atoms with van der Waals surface area (Å²) in [7, 11) is 0. The van der Waals surface area contributed by atoms with Gasteiger partial charge in [-0.25, -0.2) is 0 Å². The van der Waals surface area contributed by atoms with Crippen LogP contribution in [0.4, 0.5) is 0 Å². The Hall–Kier alpha value is -9.75. The van der Waals surface area contributed by atoms with Crippen LogP contribution in [0.15, 0.2) is 22.1 Å². The molecular weight excluding hydrogens is 1540 g/mol. The van der Waals surface area contributed by atoms with Gasteiger partial charge in [0.15, 0.2) is 11.9 Å². The summed E-state index contributed by atoms with van der Waals surface area (Å²) in [6.07, 6.45) is 7.14. The van der Waals surface area contributed by atoms with E-state index < -0.39 is 190 Å². The number of allylic oxidation sites excluding steroid dienone is 2. The number of aliphatic imine (C=N–C) groups is 2. The number of unbranched alkanes of at least 4 members (excludes halogenated alkanes) is 2. The van der Waals surface area contributed by atoms with Gasteiger partial charge >= 0.3 is 0 Å². The third-order valence-corrected chi connectivity index (χ3v) is 20.0. The fourth-order valence-corrected chi connectivity index (χ4v) is 13.3. The minimum absolute atomic E-state index is 0.00427. The predicted octanol–water partition coefficient (Wildman–Crippen LogP) is -0.882. The zero-order chi connectivity index (χ0) is 90.6. The van der Waals surface area contributed by atoms with E-state index in [4.69, 9.17) is 40.1 Å². The standard InChI is InChI=1S/C81H149N23O15/c1-45(2)40-57(96-74(116)63(50(11)12)101-69(111)53(92-52(15)105)30-22-26-36-82)66(108)91-44-61(106)93-54(32-28-38-89-78(85)86)67(109)95-59(42-47(5)6)72(114)103-80(16)34-24-20-18-19-21-25-35-81(17,104-73(115)60(43-48(7)8)97-75(117)64(51(13)14)102-70(112)55(98-76(80)118)31-23-27-37-83)77(119)99-56(33-29-39-90-79(87)88)68(110)94-58(41-46(3)4)71(113)100-62(49(9)10)65(84)107/h18-19,45-51,53-60,62-64H,20-44,82-83H2,1-17H3,(H2,84,107)(H,91,108)(H,92,105)(H,93,106)(H,94,110)(H,95,109)(H,96,116)(H,97,117)(H,98,118)(H,99,119)(H,100,113)(H,101,111)(H,102,112)(H,103,114)(H,104,115)(H4,85,86,89)(H4,87,88,90)/b19-18-/t53-,54-,55-,56-,57-,58-,59-,60-,62-,63-,64-,80-,81-/m0/s1. The lowest BCUT2D eigenvalue weighted by Crippen LogP contribution is -2.65. The van der Waals surface area contributed by atoms with Gasteiger partial charge in [0.05, 0.1) is 6.54 Å². The van der Waals surface area contributed by atoms with E-state index in [0.29, 0.717) is 45.1 Å². The molecule has 28 N–H and O–H groups in total. The van der Waals surface area contributed by atoms with E-state index in [-0.39, 0.29) is 145 Å². The number of carbonyl (C=O) groups excluding carboxylic acids is 15. The summed E-state index contributed by atoms with van der Waals surface area (Å²) in [5, 5.41) is 38.6. The summed E-state index contributed by atoms with van der Waals surface area (Å²) in [5.74, 6) is -14.0. The van der Waals surface area contributed by atoms with Gasteiger partial charge in [-0.2, -0.15) is 0 Å². The molecule has 0 saturated carbocycles.